The van der Waals surface area contributed by atoms with Crippen molar-refractivity contribution >= 4 is 23.5 Å². The Morgan fingerprint density at radius 1 is 1.52 bits per heavy atom. The van der Waals surface area contributed by atoms with Crippen LogP contribution in [0.5, 0.6) is 5.88 Å². The maximum Gasteiger partial charge on any atom is 0.308 e. The number of carboxylic acids is 1. The Kier molecular flexibility index (Phi) is 6.21. The van der Waals surface area contributed by atoms with Gasteiger partial charge in [-0.05, 0) is 31.2 Å². The molecule has 6 nitrogen and oxygen atoms in total. The van der Waals surface area contributed by atoms with Crippen LogP contribution in [0, 0.1) is 11.8 Å². The first-order valence-electron chi connectivity index (χ1n) is 7.80. The molecule has 0 saturated heterocycles. The van der Waals surface area contributed by atoms with E-state index in [1.165, 1.54) is 25.1 Å². The second kappa shape index (κ2) is 8.15. The van der Waals surface area contributed by atoms with Gasteiger partial charge >= 0.3 is 5.97 Å². The highest BCUT2D eigenvalue weighted by atomic mass is 35.5. The van der Waals surface area contributed by atoms with Crippen molar-refractivity contribution in [2.24, 2.45) is 11.8 Å². The van der Waals surface area contributed by atoms with Gasteiger partial charge in [0.15, 0.2) is 0 Å². The molecule has 1 unspecified atom stereocenters. The van der Waals surface area contributed by atoms with Crippen LogP contribution in [0.4, 0.5) is 0 Å². The van der Waals surface area contributed by atoms with Gasteiger partial charge in [0.2, 0.25) is 5.88 Å². The number of pyridine rings is 1. The third-order valence-corrected chi connectivity index (χ3v) is 3.99. The molecule has 0 aliphatic heterocycles. The van der Waals surface area contributed by atoms with Crippen LogP contribution < -0.4 is 10.1 Å². The predicted molar refractivity (Wildman–Crippen MR) is 85.8 cm³/mol. The van der Waals surface area contributed by atoms with E-state index in [2.05, 4.69) is 10.3 Å². The SMILES string of the molecule is CCCC(CNC(=O)c1cnc(OCC2CC2)c(Cl)c1)C(=O)O. The summed E-state index contributed by atoms with van der Waals surface area (Å²) in [6.45, 7) is 2.58. The third kappa shape index (κ3) is 5.39. The fourth-order valence-corrected chi connectivity index (χ4v) is 2.34. The number of rotatable bonds is 9. The smallest absolute Gasteiger partial charge is 0.308 e. The molecule has 1 aromatic heterocycles. The summed E-state index contributed by atoms with van der Waals surface area (Å²) in [5.41, 5.74) is 0.286. The van der Waals surface area contributed by atoms with Gasteiger partial charge in [-0.15, -0.1) is 0 Å². The Labute approximate surface area is 140 Å². The van der Waals surface area contributed by atoms with Crippen LogP contribution in [0.1, 0.15) is 43.0 Å². The normalized spacial score (nSPS) is 15.0. The van der Waals surface area contributed by atoms with Crippen molar-refractivity contribution in [3.63, 3.8) is 0 Å². The average Bonchev–Trinajstić information content (AvgIpc) is 3.33. The maximum atomic E-state index is 12.1. The van der Waals surface area contributed by atoms with E-state index in [1.54, 1.807) is 0 Å². The maximum absolute atomic E-state index is 12.1. The molecule has 1 fully saturated rings. The standard InChI is InChI=1S/C16H21ClN2O4/c1-2-3-11(16(21)22)7-18-14(20)12-6-13(17)15(19-8-12)23-9-10-4-5-10/h6,8,10-11H,2-5,7,9H2,1H3,(H,18,20)(H,21,22). The van der Waals surface area contributed by atoms with Gasteiger partial charge in [0.25, 0.3) is 5.91 Å². The van der Waals surface area contributed by atoms with E-state index in [1.807, 2.05) is 6.92 Å². The molecule has 2 N–H and O–H groups in total. The van der Waals surface area contributed by atoms with E-state index >= 15 is 0 Å². The summed E-state index contributed by atoms with van der Waals surface area (Å²) in [7, 11) is 0. The molecule has 1 heterocycles. The van der Waals surface area contributed by atoms with Gasteiger partial charge < -0.3 is 15.2 Å². The minimum atomic E-state index is -0.910. The van der Waals surface area contributed by atoms with Gasteiger partial charge in [0.05, 0.1) is 18.1 Å². The molecule has 7 heteroatoms. The third-order valence-electron chi connectivity index (χ3n) is 3.72. The second-order valence-corrected chi connectivity index (χ2v) is 6.21. The molecule has 1 aliphatic carbocycles. The zero-order chi connectivity index (χ0) is 16.8. The van der Waals surface area contributed by atoms with E-state index in [4.69, 9.17) is 21.4 Å². The summed E-state index contributed by atoms with van der Waals surface area (Å²) in [4.78, 5) is 27.2. The van der Waals surface area contributed by atoms with Gasteiger partial charge in [-0.3, -0.25) is 9.59 Å². The lowest BCUT2D eigenvalue weighted by atomic mass is 10.0. The van der Waals surface area contributed by atoms with Crippen molar-refractivity contribution in [2.75, 3.05) is 13.2 Å². The number of carbonyl (C=O) groups excluding carboxylic acids is 1. The van der Waals surface area contributed by atoms with E-state index in [9.17, 15) is 9.59 Å². The lowest BCUT2D eigenvalue weighted by molar-refractivity contribution is -0.141. The lowest BCUT2D eigenvalue weighted by Gasteiger charge is -2.13. The molecule has 126 valence electrons. The minimum Gasteiger partial charge on any atom is -0.481 e. The highest BCUT2D eigenvalue weighted by molar-refractivity contribution is 6.32. The number of hydrogen-bond donors (Lipinski definition) is 2. The number of nitrogens with one attached hydrogen (secondary N) is 1. The Hall–Kier alpha value is -1.82. The minimum absolute atomic E-state index is 0.0829. The van der Waals surface area contributed by atoms with E-state index in [0.717, 1.165) is 6.42 Å². The number of carboxylic acid groups (broad SMARTS) is 1. The number of halogens is 1. The Morgan fingerprint density at radius 2 is 2.26 bits per heavy atom. The number of hydrogen-bond acceptors (Lipinski definition) is 4. The van der Waals surface area contributed by atoms with Crippen molar-refractivity contribution in [3.8, 4) is 5.88 Å². The summed E-state index contributed by atoms with van der Waals surface area (Å²) in [6, 6.07) is 1.49. The van der Waals surface area contributed by atoms with Crippen molar-refractivity contribution in [1.29, 1.82) is 0 Å². The molecule has 23 heavy (non-hydrogen) atoms. The Morgan fingerprint density at radius 3 is 2.83 bits per heavy atom. The molecule has 2 rings (SSSR count). The summed E-state index contributed by atoms with van der Waals surface area (Å²) in [5, 5.41) is 12.0. The van der Waals surface area contributed by atoms with Crippen molar-refractivity contribution < 1.29 is 19.4 Å². The van der Waals surface area contributed by atoms with E-state index in [-0.39, 0.29) is 17.1 Å². The number of aliphatic carboxylic acids is 1. The fourth-order valence-electron chi connectivity index (χ4n) is 2.12. The summed E-state index contributed by atoms with van der Waals surface area (Å²) >= 11 is 6.08. The van der Waals surface area contributed by atoms with Crippen molar-refractivity contribution in [1.82, 2.24) is 10.3 Å². The Bertz CT molecular complexity index is 575. The molecule has 1 amide bonds. The number of amides is 1. The fraction of sp³-hybridized carbons (Fsp3) is 0.562. The number of ether oxygens (including phenoxy) is 1. The molecule has 0 radical (unpaired) electrons. The molecule has 1 aliphatic rings. The first kappa shape index (κ1) is 17.5. The molecular formula is C16H21ClN2O4. The summed E-state index contributed by atoms with van der Waals surface area (Å²) < 4.78 is 5.50. The van der Waals surface area contributed by atoms with Crippen LogP contribution in [-0.2, 0) is 4.79 Å². The number of carbonyl (C=O) groups is 2. The van der Waals surface area contributed by atoms with Crippen molar-refractivity contribution in [2.45, 2.75) is 32.6 Å². The van der Waals surface area contributed by atoms with Crippen LogP contribution in [0.25, 0.3) is 0 Å². The van der Waals surface area contributed by atoms with Gasteiger partial charge in [-0.2, -0.15) is 0 Å². The molecule has 0 spiro atoms. The quantitative estimate of drug-likeness (QED) is 0.721. The second-order valence-electron chi connectivity index (χ2n) is 5.80. The number of nitrogens with zero attached hydrogens (tertiary/aromatic N) is 1. The highest BCUT2D eigenvalue weighted by Crippen LogP contribution is 2.31. The molecule has 0 aromatic carbocycles. The Balaban J connectivity index is 1.90. The van der Waals surface area contributed by atoms with Crippen LogP contribution in [0.15, 0.2) is 12.3 Å². The van der Waals surface area contributed by atoms with Crippen LogP contribution in [0.3, 0.4) is 0 Å². The van der Waals surface area contributed by atoms with Gasteiger partial charge in [0.1, 0.15) is 5.02 Å². The molecule has 1 atom stereocenters. The summed E-state index contributed by atoms with van der Waals surface area (Å²) in [6.07, 6.45) is 4.98. The molecule has 0 bridgehead atoms. The van der Waals surface area contributed by atoms with E-state index < -0.39 is 17.8 Å². The van der Waals surface area contributed by atoms with Crippen LogP contribution >= 0.6 is 11.6 Å². The predicted octanol–water partition coefficient (Wildman–Crippen LogP) is 2.75. The molecular weight excluding hydrogens is 320 g/mol. The first-order chi connectivity index (χ1) is 11.0. The van der Waals surface area contributed by atoms with E-state index in [0.29, 0.717) is 24.8 Å². The molecule has 1 aromatic rings. The van der Waals surface area contributed by atoms with Crippen LogP contribution in [-0.4, -0.2) is 35.1 Å². The first-order valence-corrected chi connectivity index (χ1v) is 8.18. The monoisotopic (exact) mass is 340 g/mol. The topological polar surface area (TPSA) is 88.5 Å². The zero-order valence-corrected chi connectivity index (χ0v) is 13.8. The average molecular weight is 341 g/mol. The molecule has 1 saturated carbocycles. The summed E-state index contributed by atoms with van der Waals surface area (Å²) in [5.74, 6) is -0.983. The van der Waals surface area contributed by atoms with Crippen molar-refractivity contribution in [3.05, 3.63) is 22.8 Å². The van der Waals surface area contributed by atoms with Gasteiger partial charge in [0, 0.05) is 12.7 Å². The zero-order valence-electron chi connectivity index (χ0n) is 13.0. The van der Waals surface area contributed by atoms with Crippen LogP contribution in [0.2, 0.25) is 5.02 Å². The number of aromatic nitrogens is 1. The highest BCUT2D eigenvalue weighted by Gasteiger charge is 2.23. The van der Waals surface area contributed by atoms with Gasteiger partial charge in [-0.1, -0.05) is 24.9 Å². The lowest BCUT2D eigenvalue weighted by Crippen LogP contribution is -2.33. The largest absolute Gasteiger partial charge is 0.481 e. The van der Waals surface area contributed by atoms with Gasteiger partial charge in [-0.25, -0.2) is 4.98 Å².